The zero-order valence-electron chi connectivity index (χ0n) is 15.6. The van der Waals surface area contributed by atoms with Crippen molar-refractivity contribution >= 4 is 16.5 Å². The second-order valence-corrected chi connectivity index (χ2v) is 8.59. The second kappa shape index (κ2) is 7.03. The first kappa shape index (κ1) is 18.4. The summed E-state index contributed by atoms with van der Waals surface area (Å²) in [4.78, 5) is 1.82. The molecule has 0 aliphatic carbocycles. The van der Waals surface area contributed by atoms with Gasteiger partial charge < -0.3 is 15.3 Å². The third kappa shape index (κ3) is 3.16. The van der Waals surface area contributed by atoms with Crippen LogP contribution in [0.3, 0.4) is 0 Å². The molecule has 2 saturated heterocycles. The fraction of sp³-hybridized carbons (Fsp3) is 0.421. The molecule has 2 unspecified atom stereocenters. The topological polar surface area (TPSA) is 90.0 Å². The van der Waals surface area contributed by atoms with Gasteiger partial charge in [0.25, 0.3) is 0 Å². The molecule has 3 aromatic rings. The molecule has 4 atom stereocenters. The van der Waals surface area contributed by atoms with E-state index in [0.717, 1.165) is 12.8 Å². The number of piperidine rings is 1. The van der Waals surface area contributed by atoms with E-state index in [-0.39, 0.29) is 29.0 Å². The van der Waals surface area contributed by atoms with Crippen LogP contribution in [0.1, 0.15) is 19.3 Å². The fourth-order valence-corrected chi connectivity index (χ4v) is 5.20. The lowest BCUT2D eigenvalue weighted by atomic mass is 9.97. The molecule has 0 saturated carbocycles. The van der Waals surface area contributed by atoms with Gasteiger partial charge in [0.2, 0.25) is 5.13 Å². The van der Waals surface area contributed by atoms with Crippen LogP contribution in [0.25, 0.3) is 21.7 Å². The Labute approximate surface area is 169 Å². The van der Waals surface area contributed by atoms with Crippen molar-refractivity contribution in [3.05, 3.63) is 30.3 Å². The van der Waals surface area contributed by atoms with Crippen LogP contribution >= 0.6 is 11.3 Å². The van der Waals surface area contributed by atoms with Crippen LogP contribution < -0.4 is 10.2 Å². The number of halogens is 2. The van der Waals surface area contributed by atoms with E-state index in [1.54, 1.807) is 6.20 Å². The number of phenols is 1. The standard InChI is InChI=1S/C19H20F2N6OS/c1-27(15-4-10-2-3-14(24-10)17(15)21)19-26-25-18(29-19)12-5-13(20)11(6-16(12)28)9-7-22-23-8-9/h5-8,10,14-15,17,24,28H,2-4H2,1H3,(H,22,23)/t10?,14?,15-,17+/m1/s1. The number of aromatic nitrogens is 4. The number of hydrogen-bond donors (Lipinski definition) is 3. The number of phenolic OH excluding ortho intramolecular Hbond substituents is 1. The molecule has 2 aromatic heterocycles. The quantitative estimate of drug-likeness (QED) is 0.603. The molecule has 2 aliphatic heterocycles. The predicted octanol–water partition coefficient (Wildman–Crippen LogP) is 3.11. The number of nitrogens with zero attached hydrogens (tertiary/aromatic N) is 4. The van der Waals surface area contributed by atoms with E-state index in [2.05, 4.69) is 25.7 Å². The maximum atomic E-state index is 14.9. The lowest BCUT2D eigenvalue weighted by Crippen LogP contribution is -2.55. The number of rotatable bonds is 4. The summed E-state index contributed by atoms with van der Waals surface area (Å²) in [5.41, 5.74) is 1.04. The third-order valence-electron chi connectivity index (χ3n) is 5.89. The molecular formula is C19H20F2N6OS. The van der Waals surface area contributed by atoms with Gasteiger partial charge in [-0.25, -0.2) is 8.78 Å². The molecule has 2 aliphatic rings. The fourth-order valence-electron chi connectivity index (χ4n) is 4.31. The van der Waals surface area contributed by atoms with Crippen LogP contribution in [0, 0.1) is 5.82 Å². The number of benzene rings is 1. The van der Waals surface area contributed by atoms with Crippen LogP contribution in [-0.4, -0.2) is 56.8 Å². The maximum Gasteiger partial charge on any atom is 0.208 e. The number of hydrogen-bond acceptors (Lipinski definition) is 7. The molecule has 2 fully saturated rings. The number of nitrogens with one attached hydrogen (secondary N) is 2. The number of aromatic amines is 1. The number of anilines is 1. The van der Waals surface area contributed by atoms with Gasteiger partial charge in [-0.2, -0.15) is 5.10 Å². The molecule has 3 N–H and O–H groups in total. The lowest BCUT2D eigenvalue weighted by Gasteiger charge is -2.38. The molecular weight excluding hydrogens is 398 g/mol. The van der Waals surface area contributed by atoms with Crippen LogP contribution in [0.4, 0.5) is 13.9 Å². The Kier molecular flexibility index (Phi) is 4.47. The normalized spacial score (nSPS) is 26.0. The average Bonchev–Trinajstić information content (AvgIpc) is 3.46. The molecule has 0 radical (unpaired) electrons. The zero-order chi connectivity index (χ0) is 20.1. The monoisotopic (exact) mass is 418 g/mol. The molecule has 0 spiro atoms. The summed E-state index contributed by atoms with van der Waals surface area (Å²) in [5.74, 6) is -0.598. The highest BCUT2D eigenvalue weighted by molar-refractivity contribution is 7.18. The molecule has 0 amide bonds. The number of H-pyrrole nitrogens is 1. The van der Waals surface area contributed by atoms with Crippen molar-refractivity contribution in [1.82, 2.24) is 25.7 Å². The molecule has 1 aromatic carbocycles. The summed E-state index contributed by atoms with van der Waals surface area (Å²) in [5, 5.41) is 29.4. The van der Waals surface area contributed by atoms with E-state index < -0.39 is 12.0 Å². The van der Waals surface area contributed by atoms with E-state index in [1.807, 2.05) is 11.9 Å². The van der Waals surface area contributed by atoms with Crippen LogP contribution in [0.5, 0.6) is 5.75 Å². The van der Waals surface area contributed by atoms with Crippen molar-refractivity contribution in [3.63, 3.8) is 0 Å². The third-order valence-corrected chi connectivity index (χ3v) is 6.94. The highest BCUT2D eigenvalue weighted by Gasteiger charge is 2.44. The van der Waals surface area contributed by atoms with Gasteiger partial charge in [0.1, 0.15) is 17.7 Å². The SMILES string of the molecule is CN(c1nnc(-c2cc(F)c(-c3cn[nH]c3)cc2O)s1)[C@@H]1CC2CCC(N2)[C@@H]1F. The second-order valence-electron chi connectivity index (χ2n) is 7.63. The average molecular weight is 418 g/mol. The molecule has 7 nitrogen and oxygen atoms in total. The molecule has 2 bridgehead atoms. The minimum absolute atomic E-state index is 0.101. The van der Waals surface area contributed by atoms with E-state index in [1.165, 1.54) is 29.7 Å². The minimum Gasteiger partial charge on any atom is -0.507 e. The van der Waals surface area contributed by atoms with Crippen molar-refractivity contribution in [3.8, 4) is 27.4 Å². The van der Waals surface area contributed by atoms with Gasteiger partial charge >= 0.3 is 0 Å². The zero-order valence-corrected chi connectivity index (χ0v) is 16.5. The summed E-state index contributed by atoms with van der Waals surface area (Å²) in [6, 6.07) is 2.54. The Balaban J connectivity index is 1.42. The number of alkyl halides is 1. The molecule has 152 valence electrons. The lowest BCUT2D eigenvalue weighted by molar-refractivity contribution is 0.176. The Morgan fingerprint density at radius 2 is 2.10 bits per heavy atom. The Morgan fingerprint density at radius 3 is 2.90 bits per heavy atom. The van der Waals surface area contributed by atoms with Crippen LogP contribution in [0.2, 0.25) is 0 Å². The van der Waals surface area contributed by atoms with Gasteiger partial charge in [-0.1, -0.05) is 11.3 Å². The highest BCUT2D eigenvalue weighted by atomic mass is 32.1. The van der Waals surface area contributed by atoms with Crippen molar-refractivity contribution in [2.75, 3.05) is 11.9 Å². The molecule has 10 heteroatoms. The van der Waals surface area contributed by atoms with Gasteiger partial charge in [0, 0.05) is 36.5 Å². The van der Waals surface area contributed by atoms with Crippen molar-refractivity contribution in [1.29, 1.82) is 0 Å². The first-order chi connectivity index (χ1) is 14.0. The number of fused-ring (bicyclic) bond motifs is 2. The van der Waals surface area contributed by atoms with Crippen LogP contribution in [0.15, 0.2) is 24.5 Å². The minimum atomic E-state index is -0.980. The van der Waals surface area contributed by atoms with E-state index in [9.17, 15) is 13.9 Å². The van der Waals surface area contributed by atoms with Gasteiger partial charge in [-0.15, -0.1) is 10.2 Å². The van der Waals surface area contributed by atoms with E-state index >= 15 is 0 Å². The van der Waals surface area contributed by atoms with Gasteiger partial charge in [0.05, 0.1) is 17.8 Å². The van der Waals surface area contributed by atoms with Gasteiger partial charge in [-0.05, 0) is 31.4 Å². The number of aromatic hydroxyl groups is 1. The van der Waals surface area contributed by atoms with Crippen molar-refractivity contribution in [2.45, 2.75) is 43.6 Å². The Bertz CT molecular complexity index is 1030. The Morgan fingerprint density at radius 1 is 1.24 bits per heavy atom. The summed E-state index contributed by atoms with van der Waals surface area (Å²) >= 11 is 1.21. The molecule has 29 heavy (non-hydrogen) atoms. The molecule has 4 heterocycles. The molecule has 5 rings (SSSR count). The van der Waals surface area contributed by atoms with Crippen molar-refractivity contribution in [2.24, 2.45) is 0 Å². The maximum absolute atomic E-state index is 14.9. The summed E-state index contributed by atoms with van der Waals surface area (Å²) in [6.45, 7) is 0. The summed E-state index contributed by atoms with van der Waals surface area (Å²) in [7, 11) is 1.81. The smallest absolute Gasteiger partial charge is 0.208 e. The Hall–Kier alpha value is -2.59. The van der Waals surface area contributed by atoms with Crippen LogP contribution in [-0.2, 0) is 0 Å². The summed E-state index contributed by atoms with van der Waals surface area (Å²) < 4.78 is 29.5. The van der Waals surface area contributed by atoms with Gasteiger partial charge in [0.15, 0.2) is 5.01 Å². The summed E-state index contributed by atoms with van der Waals surface area (Å²) in [6.07, 6.45) is 4.61. The predicted molar refractivity (Wildman–Crippen MR) is 106 cm³/mol. The first-order valence-electron chi connectivity index (χ1n) is 9.49. The van der Waals surface area contributed by atoms with Crippen molar-refractivity contribution < 1.29 is 13.9 Å². The van der Waals surface area contributed by atoms with Gasteiger partial charge in [-0.3, -0.25) is 5.10 Å². The van der Waals surface area contributed by atoms with E-state index in [4.69, 9.17) is 0 Å². The van der Waals surface area contributed by atoms with E-state index in [0.29, 0.717) is 28.2 Å². The highest BCUT2D eigenvalue weighted by Crippen LogP contribution is 2.40. The first-order valence-corrected chi connectivity index (χ1v) is 10.3. The largest absolute Gasteiger partial charge is 0.507 e.